The van der Waals surface area contributed by atoms with Gasteiger partial charge in [-0.15, -0.1) is 0 Å². The van der Waals surface area contributed by atoms with Crippen LogP contribution < -0.4 is 5.32 Å². The molecule has 22 heavy (non-hydrogen) atoms. The molecule has 1 amide bonds. The molecule has 0 bridgehead atoms. The third-order valence-corrected chi connectivity index (χ3v) is 3.82. The topological polar surface area (TPSA) is 46.9 Å². The highest BCUT2D eigenvalue weighted by atomic mass is 16.1. The Balaban J connectivity index is 1.70. The minimum Gasteiger partial charge on any atom is -0.354 e. The van der Waals surface area contributed by atoms with Crippen LogP contribution in [0.25, 0.3) is 0 Å². The minimum absolute atomic E-state index is 0.0982. The zero-order valence-corrected chi connectivity index (χ0v) is 13.7. The maximum absolute atomic E-state index is 11.9. The number of amides is 1. The number of carbonyl (C=O) groups is 1. The molecule has 0 aliphatic heterocycles. The summed E-state index contributed by atoms with van der Waals surface area (Å²) in [6.45, 7) is 7.49. The third kappa shape index (κ3) is 4.72. The van der Waals surface area contributed by atoms with Gasteiger partial charge >= 0.3 is 0 Å². The van der Waals surface area contributed by atoms with E-state index in [1.54, 1.807) is 0 Å². The van der Waals surface area contributed by atoms with Crippen molar-refractivity contribution < 1.29 is 4.79 Å². The molecule has 0 atom stereocenters. The Morgan fingerprint density at radius 2 is 1.86 bits per heavy atom. The Labute approximate surface area is 132 Å². The molecule has 1 aromatic heterocycles. The van der Waals surface area contributed by atoms with Crippen LogP contribution in [-0.2, 0) is 24.2 Å². The lowest BCUT2D eigenvalue weighted by Gasteiger charge is -2.07. The van der Waals surface area contributed by atoms with E-state index in [0.29, 0.717) is 13.0 Å². The van der Waals surface area contributed by atoms with Crippen LogP contribution in [0.5, 0.6) is 0 Å². The third-order valence-electron chi connectivity index (χ3n) is 3.82. The van der Waals surface area contributed by atoms with Crippen LogP contribution in [0.1, 0.15) is 35.9 Å². The fourth-order valence-corrected chi connectivity index (χ4v) is 2.49. The quantitative estimate of drug-likeness (QED) is 0.854. The van der Waals surface area contributed by atoms with Crippen molar-refractivity contribution >= 4 is 5.91 Å². The van der Waals surface area contributed by atoms with E-state index >= 15 is 0 Å². The fraction of sp³-hybridized carbons (Fsp3) is 0.444. The van der Waals surface area contributed by atoms with Gasteiger partial charge < -0.3 is 5.32 Å². The summed E-state index contributed by atoms with van der Waals surface area (Å²) in [6.07, 6.45) is 2.37. The van der Waals surface area contributed by atoms with E-state index in [1.807, 2.05) is 24.6 Å². The first-order valence-electron chi connectivity index (χ1n) is 7.94. The molecular formula is C18H25N3O. The Hall–Kier alpha value is -2.10. The Morgan fingerprint density at radius 3 is 2.45 bits per heavy atom. The first-order chi connectivity index (χ1) is 10.6. The highest BCUT2D eigenvalue weighted by Gasteiger charge is 2.04. The summed E-state index contributed by atoms with van der Waals surface area (Å²) in [5.74, 6) is 0.0982. The first kappa shape index (κ1) is 16.3. The van der Waals surface area contributed by atoms with Gasteiger partial charge in [0.05, 0.1) is 12.2 Å². The van der Waals surface area contributed by atoms with Gasteiger partial charge in [0, 0.05) is 18.7 Å². The molecule has 0 fully saturated rings. The number of nitrogens with one attached hydrogen (secondary N) is 1. The van der Waals surface area contributed by atoms with Crippen molar-refractivity contribution in [1.82, 2.24) is 15.1 Å². The predicted octanol–water partition coefficient (Wildman–Crippen LogP) is 2.81. The molecule has 1 aromatic carbocycles. The summed E-state index contributed by atoms with van der Waals surface area (Å²) >= 11 is 0. The van der Waals surface area contributed by atoms with Gasteiger partial charge in [-0.2, -0.15) is 5.10 Å². The van der Waals surface area contributed by atoms with E-state index in [-0.39, 0.29) is 5.91 Å². The first-order valence-corrected chi connectivity index (χ1v) is 7.94. The SMILES string of the molecule is CCc1ccc(CCC(=O)NCCn2nc(C)cc2C)cc1. The van der Waals surface area contributed by atoms with Gasteiger partial charge in [-0.25, -0.2) is 0 Å². The number of aryl methyl sites for hydroxylation is 4. The molecule has 2 aromatic rings. The van der Waals surface area contributed by atoms with E-state index in [2.05, 4.69) is 41.6 Å². The fourth-order valence-electron chi connectivity index (χ4n) is 2.49. The molecular weight excluding hydrogens is 274 g/mol. The van der Waals surface area contributed by atoms with E-state index in [9.17, 15) is 4.79 Å². The summed E-state index contributed by atoms with van der Waals surface area (Å²) in [5.41, 5.74) is 4.69. The lowest BCUT2D eigenvalue weighted by atomic mass is 10.1. The number of carbonyl (C=O) groups excluding carboxylic acids is 1. The number of rotatable bonds is 7. The molecule has 0 aliphatic rings. The monoisotopic (exact) mass is 299 g/mol. The molecule has 0 saturated heterocycles. The van der Waals surface area contributed by atoms with Crippen LogP contribution in [0, 0.1) is 13.8 Å². The average Bonchev–Trinajstić information content (AvgIpc) is 2.83. The molecule has 4 nitrogen and oxygen atoms in total. The van der Waals surface area contributed by atoms with Crippen molar-refractivity contribution in [1.29, 1.82) is 0 Å². The van der Waals surface area contributed by atoms with Gasteiger partial charge in [0.15, 0.2) is 0 Å². The number of nitrogens with zero attached hydrogens (tertiary/aromatic N) is 2. The maximum Gasteiger partial charge on any atom is 0.220 e. The number of aromatic nitrogens is 2. The van der Waals surface area contributed by atoms with Gasteiger partial charge in [-0.3, -0.25) is 9.48 Å². The summed E-state index contributed by atoms with van der Waals surface area (Å²) in [4.78, 5) is 11.9. The Morgan fingerprint density at radius 1 is 1.18 bits per heavy atom. The van der Waals surface area contributed by atoms with Crippen molar-refractivity contribution in [2.45, 2.75) is 46.6 Å². The van der Waals surface area contributed by atoms with E-state index in [4.69, 9.17) is 0 Å². The smallest absolute Gasteiger partial charge is 0.220 e. The summed E-state index contributed by atoms with van der Waals surface area (Å²) < 4.78 is 1.93. The van der Waals surface area contributed by atoms with E-state index in [0.717, 1.165) is 30.8 Å². The largest absolute Gasteiger partial charge is 0.354 e. The van der Waals surface area contributed by atoms with Crippen molar-refractivity contribution in [2.75, 3.05) is 6.54 Å². The van der Waals surface area contributed by atoms with Gasteiger partial charge in [0.2, 0.25) is 5.91 Å². The lowest BCUT2D eigenvalue weighted by molar-refractivity contribution is -0.121. The zero-order chi connectivity index (χ0) is 15.9. The van der Waals surface area contributed by atoms with Gasteiger partial charge in [-0.05, 0) is 43.9 Å². The van der Waals surface area contributed by atoms with Crippen LogP contribution in [0.2, 0.25) is 0 Å². The van der Waals surface area contributed by atoms with Crippen molar-refractivity contribution in [2.24, 2.45) is 0 Å². The molecule has 1 heterocycles. The molecule has 0 radical (unpaired) electrons. The summed E-state index contributed by atoms with van der Waals surface area (Å²) in [6, 6.07) is 10.5. The average molecular weight is 299 g/mol. The Bertz CT molecular complexity index is 614. The number of hydrogen-bond acceptors (Lipinski definition) is 2. The van der Waals surface area contributed by atoms with Crippen molar-refractivity contribution in [3.8, 4) is 0 Å². The van der Waals surface area contributed by atoms with Crippen LogP contribution >= 0.6 is 0 Å². The molecule has 0 saturated carbocycles. The molecule has 0 unspecified atom stereocenters. The highest BCUT2D eigenvalue weighted by molar-refractivity contribution is 5.76. The maximum atomic E-state index is 11.9. The van der Waals surface area contributed by atoms with Crippen LogP contribution in [-0.4, -0.2) is 22.2 Å². The Kier molecular flexibility index (Phi) is 5.75. The van der Waals surface area contributed by atoms with Gasteiger partial charge in [0.1, 0.15) is 0 Å². The number of benzene rings is 1. The standard InChI is InChI=1S/C18H25N3O/c1-4-16-5-7-17(8-6-16)9-10-18(22)19-11-12-21-15(3)13-14(2)20-21/h5-8,13H,4,9-12H2,1-3H3,(H,19,22). The molecule has 4 heteroatoms. The molecule has 0 spiro atoms. The summed E-state index contributed by atoms with van der Waals surface area (Å²) in [7, 11) is 0. The highest BCUT2D eigenvalue weighted by Crippen LogP contribution is 2.07. The molecule has 118 valence electrons. The van der Waals surface area contributed by atoms with Crippen LogP contribution in [0.15, 0.2) is 30.3 Å². The second-order valence-corrected chi connectivity index (χ2v) is 5.67. The van der Waals surface area contributed by atoms with Gasteiger partial charge in [0.25, 0.3) is 0 Å². The predicted molar refractivity (Wildman–Crippen MR) is 88.9 cm³/mol. The van der Waals surface area contributed by atoms with E-state index in [1.165, 1.54) is 11.1 Å². The minimum atomic E-state index is 0.0982. The van der Waals surface area contributed by atoms with E-state index < -0.39 is 0 Å². The zero-order valence-electron chi connectivity index (χ0n) is 13.7. The second kappa shape index (κ2) is 7.78. The van der Waals surface area contributed by atoms with Crippen molar-refractivity contribution in [3.05, 3.63) is 52.8 Å². The van der Waals surface area contributed by atoms with Crippen LogP contribution in [0.3, 0.4) is 0 Å². The second-order valence-electron chi connectivity index (χ2n) is 5.67. The lowest BCUT2D eigenvalue weighted by Crippen LogP contribution is -2.27. The molecule has 0 aliphatic carbocycles. The molecule has 1 N–H and O–H groups in total. The molecule has 2 rings (SSSR count). The van der Waals surface area contributed by atoms with Crippen molar-refractivity contribution in [3.63, 3.8) is 0 Å². The van der Waals surface area contributed by atoms with Gasteiger partial charge in [-0.1, -0.05) is 31.2 Å². The normalized spacial score (nSPS) is 10.7. The van der Waals surface area contributed by atoms with Crippen LogP contribution in [0.4, 0.5) is 0 Å². The summed E-state index contributed by atoms with van der Waals surface area (Å²) in [5, 5.41) is 7.34. The number of hydrogen-bond donors (Lipinski definition) is 1.